The van der Waals surface area contributed by atoms with Gasteiger partial charge in [-0.15, -0.1) is 0 Å². The van der Waals surface area contributed by atoms with Gasteiger partial charge in [-0.2, -0.15) is 0 Å². The molecule has 1 N–H and O–H groups in total. The maximum Gasteiger partial charge on any atom is 0.254 e. The Morgan fingerprint density at radius 3 is 2.34 bits per heavy atom. The van der Waals surface area contributed by atoms with Gasteiger partial charge in [-0.3, -0.25) is 19.7 Å². The molecule has 1 amide bonds. The molecule has 7 heteroatoms. The fraction of sp³-hybridized carbons (Fsp3) is 0.318. The average Bonchev–Trinajstić information content (AvgIpc) is 2.81. The highest BCUT2D eigenvalue weighted by atomic mass is 16.1. The van der Waals surface area contributed by atoms with E-state index in [1.54, 1.807) is 31.0 Å². The molecular weight excluding hydrogens is 364 g/mol. The second kappa shape index (κ2) is 9.34. The van der Waals surface area contributed by atoms with Crippen molar-refractivity contribution in [2.24, 2.45) is 0 Å². The summed E-state index contributed by atoms with van der Waals surface area (Å²) in [6.07, 6.45) is 13.8. The van der Waals surface area contributed by atoms with Crippen LogP contribution in [-0.4, -0.2) is 50.4 Å². The zero-order valence-electron chi connectivity index (χ0n) is 16.2. The van der Waals surface area contributed by atoms with Gasteiger partial charge in [0.05, 0.1) is 11.6 Å². The highest BCUT2D eigenvalue weighted by Crippen LogP contribution is 2.23. The standard InChI is InChI=1S/C22H24N6O/c29-22(19-14-25-21(26-15-19)18-7-5-9-24-13-18)27-16-20(17-6-4-8-23-12-17)28-10-2-1-3-11-28/h4-9,12-15,20H,1-3,10-11,16H2,(H,27,29)/t20-/m0/s1. The summed E-state index contributed by atoms with van der Waals surface area (Å²) in [5.74, 6) is 0.379. The van der Waals surface area contributed by atoms with Gasteiger partial charge >= 0.3 is 0 Å². The molecule has 7 nitrogen and oxygen atoms in total. The summed E-state index contributed by atoms with van der Waals surface area (Å²) in [7, 11) is 0. The summed E-state index contributed by atoms with van der Waals surface area (Å²) in [5, 5.41) is 3.05. The van der Waals surface area contributed by atoms with Crippen molar-refractivity contribution in [3.8, 4) is 11.4 Å². The molecule has 4 heterocycles. The Labute approximate surface area is 170 Å². The van der Waals surface area contributed by atoms with Crippen LogP contribution in [0, 0.1) is 0 Å². The first kappa shape index (κ1) is 19.1. The zero-order chi connectivity index (χ0) is 19.9. The second-order valence-electron chi connectivity index (χ2n) is 7.15. The SMILES string of the molecule is O=C(NC[C@@H](c1cccnc1)N1CCCCC1)c1cnc(-c2cccnc2)nc1. The number of aromatic nitrogens is 4. The Morgan fingerprint density at radius 2 is 1.69 bits per heavy atom. The highest BCUT2D eigenvalue weighted by Gasteiger charge is 2.23. The Bertz CT molecular complexity index is 911. The lowest BCUT2D eigenvalue weighted by molar-refractivity contribution is 0.0923. The van der Waals surface area contributed by atoms with Crippen LogP contribution in [0.15, 0.2) is 61.4 Å². The number of hydrogen-bond donors (Lipinski definition) is 1. The fourth-order valence-corrected chi connectivity index (χ4v) is 3.64. The first-order valence-corrected chi connectivity index (χ1v) is 9.96. The number of amides is 1. The molecule has 1 aliphatic heterocycles. The van der Waals surface area contributed by atoms with Gasteiger partial charge in [0.25, 0.3) is 5.91 Å². The van der Waals surface area contributed by atoms with Crippen molar-refractivity contribution >= 4 is 5.91 Å². The smallest absolute Gasteiger partial charge is 0.254 e. The van der Waals surface area contributed by atoms with Crippen LogP contribution < -0.4 is 5.32 Å². The van der Waals surface area contributed by atoms with Crippen LogP contribution in [0.3, 0.4) is 0 Å². The third-order valence-electron chi connectivity index (χ3n) is 5.19. The molecule has 0 aromatic carbocycles. The number of hydrogen-bond acceptors (Lipinski definition) is 6. The van der Waals surface area contributed by atoms with E-state index in [1.807, 2.05) is 24.4 Å². The maximum atomic E-state index is 12.7. The summed E-state index contributed by atoms with van der Waals surface area (Å²) < 4.78 is 0. The zero-order valence-corrected chi connectivity index (χ0v) is 16.2. The lowest BCUT2D eigenvalue weighted by Gasteiger charge is -2.34. The molecule has 1 atom stereocenters. The van der Waals surface area contributed by atoms with E-state index in [0.29, 0.717) is 17.9 Å². The fourth-order valence-electron chi connectivity index (χ4n) is 3.64. The topological polar surface area (TPSA) is 83.9 Å². The van der Waals surface area contributed by atoms with E-state index >= 15 is 0 Å². The number of rotatable bonds is 6. The number of piperidine rings is 1. The maximum absolute atomic E-state index is 12.7. The number of carbonyl (C=O) groups excluding carboxylic acids is 1. The Morgan fingerprint density at radius 1 is 0.966 bits per heavy atom. The summed E-state index contributed by atoms with van der Waals surface area (Å²) in [5.41, 5.74) is 2.39. The van der Waals surface area contributed by atoms with Gasteiger partial charge < -0.3 is 5.32 Å². The predicted octanol–water partition coefficient (Wildman–Crippen LogP) is 2.89. The minimum absolute atomic E-state index is 0.114. The van der Waals surface area contributed by atoms with E-state index in [9.17, 15) is 4.79 Å². The minimum atomic E-state index is -0.173. The first-order valence-electron chi connectivity index (χ1n) is 9.96. The predicted molar refractivity (Wildman–Crippen MR) is 110 cm³/mol. The molecule has 0 saturated carbocycles. The van der Waals surface area contributed by atoms with Gasteiger partial charge in [0.1, 0.15) is 0 Å². The van der Waals surface area contributed by atoms with Crippen molar-refractivity contribution in [1.82, 2.24) is 30.2 Å². The molecule has 3 aromatic heterocycles. The van der Waals surface area contributed by atoms with Crippen LogP contribution in [0.4, 0.5) is 0 Å². The molecule has 0 bridgehead atoms. The normalized spacial score (nSPS) is 15.6. The van der Waals surface area contributed by atoms with Crippen LogP contribution in [0.5, 0.6) is 0 Å². The largest absolute Gasteiger partial charge is 0.350 e. The third-order valence-corrected chi connectivity index (χ3v) is 5.19. The number of pyridine rings is 2. The lowest BCUT2D eigenvalue weighted by Crippen LogP contribution is -2.40. The van der Waals surface area contributed by atoms with Gasteiger partial charge in [-0.05, 0) is 49.7 Å². The van der Waals surface area contributed by atoms with Crippen molar-refractivity contribution < 1.29 is 4.79 Å². The van der Waals surface area contributed by atoms with Gasteiger partial charge in [-0.1, -0.05) is 12.5 Å². The van der Waals surface area contributed by atoms with Crippen LogP contribution in [0.1, 0.15) is 41.2 Å². The van der Waals surface area contributed by atoms with E-state index in [2.05, 4.69) is 36.2 Å². The summed E-state index contributed by atoms with van der Waals surface area (Å²) >= 11 is 0. The Hall–Kier alpha value is -3.19. The van der Waals surface area contributed by atoms with E-state index in [1.165, 1.54) is 19.3 Å². The Balaban J connectivity index is 1.43. The summed E-state index contributed by atoms with van der Waals surface area (Å²) in [6, 6.07) is 7.85. The molecule has 148 valence electrons. The number of nitrogens with zero attached hydrogens (tertiary/aromatic N) is 5. The van der Waals surface area contributed by atoms with Crippen molar-refractivity contribution in [2.45, 2.75) is 25.3 Å². The molecular formula is C22H24N6O. The quantitative estimate of drug-likeness (QED) is 0.699. The van der Waals surface area contributed by atoms with E-state index in [0.717, 1.165) is 24.2 Å². The highest BCUT2D eigenvalue weighted by molar-refractivity contribution is 5.93. The molecule has 0 radical (unpaired) electrons. The minimum Gasteiger partial charge on any atom is -0.350 e. The van der Waals surface area contributed by atoms with Crippen LogP contribution in [0.2, 0.25) is 0 Å². The summed E-state index contributed by atoms with van der Waals surface area (Å²) in [6.45, 7) is 2.60. The average molecular weight is 388 g/mol. The second-order valence-corrected chi connectivity index (χ2v) is 7.15. The van der Waals surface area contributed by atoms with Gasteiger partial charge in [0.15, 0.2) is 5.82 Å². The number of nitrogens with one attached hydrogen (secondary N) is 1. The number of likely N-dealkylation sites (tertiary alicyclic amines) is 1. The monoisotopic (exact) mass is 388 g/mol. The van der Waals surface area contributed by atoms with E-state index in [-0.39, 0.29) is 11.9 Å². The number of carbonyl (C=O) groups is 1. The molecule has 1 aliphatic rings. The molecule has 4 rings (SSSR count). The van der Waals surface area contributed by atoms with E-state index in [4.69, 9.17) is 0 Å². The molecule has 3 aromatic rings. The molecule has 1 saturated heterocycles. The van der Waals surface area contributed by atoms with Crippen molar-refractivity contribution in [3.63, 3.8) is 0 Å². The van der Waals surface area contributed by atoms with Crippen LogP contribution >= 0.6 is 0 Å². The van der Waals surface area contributed by atoms with Gasteiger partial charge in [0.2, 0.25) is 0 Å². The van der Waals surface area contributed by atoms with Crippen LogP contribution in [0.25, 0.3) is 11.4 Å². The molecule has 29 heavy (non-hydrogen) atoms. The van der Waals surface area contributed by atoms with Gasteiger partial charge in [-0.25, -0.2) is 9.97 Å². The molecule has 0 unspecified atom stereocenters. The van der Waals surface area contributed by atoms with Crippen LogP contribution in [-0.2, 0) is 0 Å². The van der Waals surface area contributed by atoms with E-state index < -0.39 is 0 Å². The molecule has 0 spiro atoms. The summed E-state index contributed by atoms with van der Waals surface area (Å²) in [4.78, 5) is 32.1. The van der Waals surface area contributed by atoms with Crippen molar-refractivity contribution in [1.29, 1.82) is 0 Å². The van der Waals surface area contributed by atoms with Crippen molar-refractivity contribution in [3.05, 3.63) is 72.6 Å². The molecule has 0 aliphatic carbocycles. The van der Waals surface area contributed by atoms with Gasteiger partial charge in [0, 0.05) is 49.3 Å². The third kappa shape index (κ3) is 4.81. The Kier molecular flexibility index (Phi) is 6.16. The molecule has 1 fully saturated rings. The first-order chi connectivity index (χ1) is 14.3. The van der Waals surface area contributed by atoms with Crippen molar-refractivity contribution in [2.75, 3.05) is 19.6 Å². The lowest BCUT2D eigenvalue weighted by atomic mass is 10.0.